The van der Waals surface area contributed by atoms with Gasteiger partial charge in [-0.1, -0.05) is 36.4 Å². The minimum absolute atomic E-state index is 0.0680. The highest BCUT2D eigenvalue weighted by atomic mass is 16.4. The summed E-state index contributed by atoms with van der Waals surface area (Å²) in [4.78, 5) is 36.0. The Kier molecular flexibility index (Phi) is 5.28. The average molecular weight is 360 g/mol. The normalized spacial score (nSPS) is 10.1. The summed E-state index contributed by atoms with van der Waals surface area (Å²) in [5.74, 6) is -1.87. The number of para-hydroxylation sites is 1. The first-order valence-corrected chi connectivity index (χ1v) is 8.15. The van der Waals surface area contributed by atoms with Crippen LogP contribution in [0.25, 0.3) is 0 Å². The van der Waals surface area contributed by atoms with Crippen molar-refractivity contribution in [3.8, 4) is 0 Å². The maximum Gasteiger partial charge on any atom is 0.335 e. The van der Waals surface area contributed by atoms with Gasteiger partial charge in [-0.15, -0.1) is 0 Å². The van der Waals surface area contributed by atoms with Crippen LogP contribution in [0.5, 0.6) is 0 Å². The molecular formula is C21H16N2O4. The van der Waals surface area contributed by atoms with Gasteiger partial charge in [0.15, 0.2) is 0 Å². The van der Waals surface area contributed by atoms with Crippen molar-refractivity contribution in [2.24, 2.45) is 0 Å². The highest BCUT2D eigenvalue weighted by Crippen LogP contribution is 2.19. The molecule has 0 aliphatic rings. The van der Waals surface area contributed by atoms with Crippen molar-refractivity contribution in [1.82, 2.24) is 0 Å². The number of anilines is 2. The summed E-state index contributed by atoms with van der Waals surface area (Å²) in [5, 5.41) is 14.4. The Labute approximate surface area is 155 Å². The maximum atomic E-state index is 12.6. The Morgan fingerprint density at radius 1 is 0.667 bits per heavy atom. The van der Waals surface area contributed by atoms with Gasteiger partial charge in [-0.05, 0) is 42.5 Å². The third-order valence-electron chi connectivity index (χ3n) is 3.82. The van der Waals surface area contributed by atoms with Crippen LogP contribution in [0.3, 0.4) is 0 Å². The van der Waals surface area contributed by atoms with E-state index in [1.54, 1.807) is 60.7 Å². The molecule has 27 heavy (non-hydrogen) atoms. The van der Waals surface area contributed by atoms with Gasteiger partial charge in [-0.25, -0.2) is 4.79 Å². The molecule has 0 spiro atoms. The largest absolute Gasteiger partial charge is 0.478 e. The van der Waals surface area contributed by atoms with Crippen LogP contribution < -0.4 is 10.6 Å². The number of aromatic carboxylic acids is 1. The van der Waals surface area contributed by atoms with Gasteiger partial charge in [0.1, 0.15) is 0 Å². The molecule has 6 heteroatoms. The zero-order valence-electron chi connectivity index (χ0n) is 14.2. The highest BCUT2D eigenvalue weighted by Gasteiger charge is 2.14. The minimum Gasteiger partial charge on any atom is -0.478 e. The lowest BCUT2D eigenvalue weighted by molar-refractivity contribution is 0.0696. The maximum absolute atomic E-state index is 12.6. The lowest BCUT2D eigenvalue weighted by Gasteiger charge is -2.12. The topological polar surface area (TPSA) is 95.5 Å². The smallest absolute Gasteiger partial charge is 0.335 e. The summed E-state index contributed by atoms with van der Waals surface area (Å²) in [7, 11) is 0. The molecule has 0 heterocycles. The molecule has 0 atom stereocenters. The number of hydrogen-bond donors (Lipinski definition) is 3. The lowest BCUT2D eigenvalue weighted by Crippen LogP contribution is -2.18. The molecule has 6 nitrogen and oxygen atoms in total. The molecule has 0 aliphatic carbocycles. The van der Waals surface area contributed by atoms with Crippen molar-refractivity contribution in [1.29, 1.82) is 0 Å². The summed E-state index contributed by atoms with van der Waals surface area (Å²) < 4.78 is 0. The van der Waals surface area contributed by atoms with Crippen molar-refractivity contribution in [2.75, 3.05) is 10.6 Å². The third-order valence-corrected chi connectivity index (χ3v) is 3.82. The Bertz CT molecular complexity index is 1000. The predicted octanol–water partition coefficient (Wildman–Crippen LogP) is 3.89. The molecule has 0 aromatic heterocycles. The lowest BCUT2D eigenvalue weighted by atomic mass is 10.1. The number of carbonyl (C=O) groups is 3. The molecule has 134 valence electrons. The SMILES string of the molecule is O=C(O)c1cccc(NC(=O)c2ccccc2NC(=O)c2ccccc2)c1. The van der Waals surface area contributed by atoms with Gasteiger partial charge < -0.3 is 15.7 Å². The summed E-state index contributed by atoms with van der Waals surface area (Å²) in [6.07, 6.45) is 0. The van der Waals surface area contributed by atoms with Gasteiger partial charge in [-0.2, -0.15) is 0 Å². The molecule has 3 aromatic carbocycles. The first-order chi connectivity index (χ1) is 13.0. The molecule has 0 saturated heterocycles. The number of hydrogen-bond acceptors (Lipinski definition) is 3. The number of nitrogens with one attached hydrogen (secondary N) is 2. The number of carbonyl (C=O) groups excluding carboxylic acids is 2. The summed E-state index contributed by atoms with van der Waals surface area (Å²) in [6, 6.07) is 21.2. The van der Waals surface area contributed by atoms with Crippen molar-refractivity contribution < 1.29 is 19.5 Å². The van der Waals surface area contributed by atoms with E-state index >= 15 is 0 Å². The fraction of sp³-hybridized carbons (Fsp3) is 0. The molecule has 0 saturated carbocycles. The van der Waals surface area contributed by atoms with E-state index in [1.165, 1.54) is 12.1 Å². The van der Waals surface area contributed by atoms with Crippen LogP contribution in [0.4, 0.5) is 11.4 Å². The molecule has 0 fully saturated rings. The molecule has 3 N–H and O–H groups in total. The molecule has 0 radical (unpaired) electrons. The van der Waals surface area contributed by atoms with E-state index in [1.807, 2.05) is 6.07 Å². The summed E-state index contributed by atoms with van der Waals surface area (Å²) >= 11 is 0. The van der Waals surface area contributed by atoms with Gasteiger partial charge in [0.2, 0.25) is 0 Å². The number of carboxylic acids is 1. The van der Waals surface area contributed by atoms with E-state index < -0.39 is 11.9 Å². The molecule has 3 rings (SSSR count). The number of carboxylic acid groups (broad SMARTS) is 1. The summed E-state index contributed by atoms with van der Waals surface area (Å²) in [6.45, 7) is 0. The second-order valence-corrected chi connectivity index (χ2v) is 5.71. The Morgan fingerprint density at radius 2 is 1.33 bits per heavy atom. The Morgan fingerprint density at radius 3 is 2.07 bits per heavy atom. The molecule has 3 aromatic rings. The van der Waals surface area contributed by atoms with Crippen LogP contribution in [-0.4, -0.2) is 22.9 Å². The van der Waals surface area contributed by atoms with Crippen LogP contribution in [0.15, 0.2) is 78.9 Å². The average Bonchev–Trinajstić information content (AvgIpc) is 2.69. The standard InChI is InChI=1S/C21H16N2O4/c24-19(14-7-2-1-3-8-14)23-18-12-5-4-11-17(18)20(25)22-16-10-6-9-15(13-16)21(26)27/h1-13H,(H,22,25)(H,23,24)(H,26,27). The quantitative estimate of drug-likeness (QED) is 0.643. The van der Waals surface area contributed by atoms with Gasteiger partial charge in [0, 0.05) is 11.3 Å². The van der Waals surface area contributed by atoms with E-state index in [9.17, 15) is 14.4 Å². The first kappa shape index (κ1) is 17.9. The van der Waals surface area contributed by atoms with Crippen LogP contribution in [0, 0.1) is 0 Å². The third kappa shape index (κ3) is 4.38. The van der Waals surface area contributed by atoms with Crippen LogP contribution >= 0.6 is 0 Å². The van der Waals surface area contributed by atoms with Crippen molar-refractivity contribution in [2.45, 2.75) is 0 Å². The zero-order valence-corrected chi connectivity index (χ0v) is 14.2. The molecule has 0 aliphatic heterocycles. The molecule has 0 unspecified atom stereocenters. The fourth-order valence-corrected chi connectivity index (χ4v) is 2.50. The second kappa shape index (κ2) is 7.97. The van der Waals surface area contributed by atoms with E-state index in [0.717, 1.165) is 0 Å². The van der Waals surface area contributed by atoms with Crippen LogP contribution in [0.1, 0.15) is 31.1 Å². The molecular weight excluding hydrogens is 344 g/mol. The molecule has 0 bridgehead atoms. The van der Waals surface area contributed by atoms with E-state index in [2.05, 4.69) is 10.6 Å². The van der Waals surface area contributed by atoms with E-state index in [4.69, 9.17) is 5.11 Å². The number of benzene rings is 3. The van der Waals surface area contributed by atoms with E-state index in [0.29, 0.717) is 16.9 Å². The predicted molar refractivity (Wildman–Crippen MR) is 102 cm³/mol. The number of amides is 2. The van der Waals surface area contributed by atoms with Gasteiger partial charge in [0.05, 0.1) is 16.8 Å². The van der Waals surface area contributed by atoms with Gasteiger partial charge >= 0.3 is 5.97 Å². The van der Waals surface area contributed by atoms with Crippen LogP contribution in [0.2, 0.25) is 0 Å². The fourth-order valence-electron chi connectivity index (χ4n) is 2.50. The zero-order chi connectivity index (χ0) is 19.2. The molecule has 2 amide bonds. The minimum atomic E-state index is -1.08. The number of rotatable bonds is 5. The Balaban J connectivity index is 1.81. The van der Waals surface area contributed by atoms with Crippen LogP contribution in [-0.2, 0) is 0 Å². The Hall–Kier alpha value is -3.93. The van der Waals surface area contributed by atoms with Gasteiger partial charge in [0.25, 0.3) is 11.8 Å². The second-order valence-electron chi connectivity index (χ2n) is 5.71. The summed E-state index contributed by atoms with van der Waals surface area (Å²) in [5.41, 5.74) is 1.52. The van der Waals surface area contributed by atoms with E-state index in [-0.39, 0.29) is 17.0 Å². The van der Waals surface area contributed by atoms with Crippen molar-refractivity contribution >= 4 is 29.2 Å². The van der Waals surface area contributed by atoms with Crippen molar-refractivity contribution in [3.63, 3.8) is 0 Å². The monoisotopic (exact) mass is 360 g/mol. The van der Waals surface area contributed by atoms with Gasteiger partial charge in [-0.3, -0.25) is 9.59 Å². The first-order valence-electron chi connectivity index (χ1n) is 8.15. The highest BCUT2D eigenvalue weighted by molar-refractivity contribution is 6.12. The van der Waals surface area contributed by atoms with Crippen molar-refractivity contribution in [3.05, 3.63) is 95.6 Å².